The van der Waals surface area contributed by atoms with Crippen LogP contribution in [0, 0.1) is 34.5 Å². The molecular weight excluding hydrogens is 398 g/mol. The number of likely N-dealkylation sites (tertiary alicyclic amines) is 1. The van der Waals surface area contributed by atoms with E-state index in [4.69, 9.17) is 4.74 Å². The quantitative estimate of drug-likeness (QED) is 0.517. The van der Waals surface area contributed by atoms with Gasteiger partial charge in [-0.15, -0.1) is 0 Å². The van der Waals surface area contributed by atoms with Crippen LogP contribution in [0.2, 0.25) is 0 Å². The van der Waals surface area contributed by atoms with Gasteiger partial charge in [0.2, 0.25) is 0 Å². The lowest BCUT2D eigenvalue weighted by atomic mass is 9.45. The molecule has 4 unspecified atom stereocenters. The molecule has 2 saturated carbocycles. The zero-order valence-electron chi connectivity index (χ0n) is 20.3. The first-order valence-electron chi connectivity index (χ1n) is 13.2. The zero-order chi connectivity index (χ0) is 22.5. The fourth-order valence-electron chi connectivity index (χ4n) is 8.48. The van der Waals surface area contributed by atoms with E-state index in [0.29, 0.717) is 23.7 Å². The summed E-state index contributed by atoms with van der Waals surface area (Å²) < 4.78 is 5.86. The van der Waals surface area contributed by atoms with Crippen LogP contribution in [0.3, 0.4) is 0 Å². The van der Waals surface area contributed by atoms with Crippen molar-refractivity contribution in [2.45, 2.75) is 85.0 Å². The van der Waals surface area contributed by atoms with Crippen molar-refractivity contribution < 1.29 is 14.3 Å². The Hall–Kier alpha value is -1.42. The van der Waals surface area contributed by atoms with Gasteiger partial charge < -0.3 is 9.64 Å². The lowest BCUT2D eigenvalue weighted by Crippen LogP contribution is -2.52. The second kappa shape index (κ2) is 8.42. The normalized spacial score (nSPS) is 41.2. The molecule has 4 aliphatic carbocycles. The number of carbonyl (C=O) groups is 2. The molecule has 6 atom stereocenters. The number of ether oxygens (including phenoxy) is 1. The molecule has 32 heavy (non-hydrogen) atoms. The van der Waals surface area contributed by atoms with E-state index in [0.717, 1.165) is 68.5 Å². The van der Waals surface area contributed by atoms with Gasteiger partial charge in [-0.25, -0.2) is 0 Å². The van der Waals surface area contributed by atoms with Crippen molar-refractivity contribution in [3.05, 3.63) is 23.5 Å². The van der Waals surface area contributed by atoms with Crippen LogP contribution < -0.4 is 0 Å². The Labute approximate surface area is 193 Å². The van der Waals surface area contributed by atoms with Gasteiger partial charge in [-0.1, -0.05) is 19.9 Å². The SMILES string of the molecule is CC(=O)C1=CCC2C3CCC4C=C(OC(=O)CCN5CCCC5)CC[C@]4(C)C3CC[C@]12C. The number of esters is 1. The van der Waals surface area contributed by atoms with Crippen molar-refractivity contribution in [3.8, 4) is 0 Å². The maximum atomic E-state index is 12.5. The molecule has 5 aliphatic rings. The molecule has 4 nitrogen and oxygen atoms in total. The Kier molecular flexibility index (Phi) is 5.89. The summed E-state index contributed by atoms with van der Waals surface area (Å²) in [5.74, 6) is 3.76. The summed E-state index contributed by atoms with van der Waals surface area (Å²) in [6.45, 7) is 9.72. The van der Waals surface area contributed by atoms with E-state index in [1.54, 1.807) is 6.92 Å². The minimum Gasteiger partial charge on any atom is -0.431 e. The van der Waals surface area contributed by atoms with E-state index in [2.05, 4.69) is 30.9 Å². The second-order valence-corrected chi connectivity index (χ2v) is 11.8. The molecule has 0 amide bonds. The summed E-state index contributed by atoms with van der Waals surface area (Å²) in [4.78, 5) is 27.1. The first-order valence-corrected chi connectivity index (χ1v) is 13.2. The number of allylic oxidation sites excluding steroid dienone is 4. The molecule has 176 valence electrons. The maximum Gasteiger partial charge on any atom is 0.312 e. The standard InChI is InChI=1S/C28H41NO3/c1-19(30)23-8-9-24-22-7-6-20-18-21(32-26(31)12-17-29-15-4-5-16-29)10-13-27(20,2)25(22)11-14-28(23,24)3/h8,18,20,22,24-25H,4-7,9-17H2,1-3H3/t20?,22?,24?,25?,27-,28+/m0/s1. The van der Waals surface area contributed by atoms with Gasteiger partial charge in [0, 0.05) is 13.0 Å². The minimum atomic E-state index is -0.0531. The van der Waals surface area contributed by atoms with Crippen LogP contribution >= 0.6 is 0 Å². The van der Waals surface area contributed by atoms with Gasteiger partial charge in [0.25, 0.3) is 0 Å². The van der Waals surface area contributed by atoms with Gasteiger partial charge in [-0.2, -0.15) is 0 Å². The van der Waals surface area contributed by atoms with E-state index < -0.39 is 0 Å². The molecule has 0 aromatic heterocycles. The molecule has 1 heterocycles. The van der Waals surface area contributed by atoms with Crippen LogP contribution in [-0.4, -0.2) is 36.3 Å². The number of hydrogen-bond donors (Lipinski definition) is 0. The Bertz CT molecular complexity index is 838. The molecule has 1 saturated heterocycles. The predicted molar refractivity (Wildman–Crippen MR) is 126 cm³/mol. The molecule has 4 heteroatoms. The third-order valence-corrected chi connectivity index (χ3v) is 10.3. The van der Waals surface area contributed by atoms with E-state index in [9.17, 15) is 9.59 Å². The number of Topliss-reactive ketones (excluding diaryl/α,β-unsaturated/α-hetero) is 1. The summed E-state index contributed by atoms with van der Waals surface area (Å²) in [5.41, 5.74) is 1.51. The molecule has 5 rings (SSSR count). The fraction of sp³-hybridized carbons (Fsp3) is 0.786. The summed E-state index contributed by atoms with van der Waals surface area (Å²) in [6.07, 6.45) is 15.5. The van der Waals surface area contributed by atoms with Crippen LogP contribution in [0.1, 0.15) is 85.0 Å². The van der Waals surface area contributed by atoms with Crippen molar-refractivity contribution in [3.63, 3.8) is 0 Å². The van der Waals surface area contributed by atoms with Crippen molar-refractivity contribution in [1.82, 2.24) is 4.90 Å². The van der Waals surface area contributed by atoms with Crippen LogP contribution in [0.15, 0.2) is 23.5 Å². The number of rotatable bonds is 5. The molecule has 0 N–H and O–H groups in total. The summed E-state index contributed by atoms with van der Waals surface area (Å²) >= 11 is 0. The van der Waals surface area contributed by atoms with E-state index in [1.807, 2.05) is 0 Å². The van der Waals surface area contributed by atoms with Crippen LogP contribution in [0.25, 0.3) is 0 Å². The molecule has 0 aromatic rings. The first kappa shape index (κ1) is 22.4. The predicted octanol–water partition coefficient (Wildman–Crippen LogP) is 5.68. The Morgan fingerprint density at radius 3 is 2.62 bits per heavy atom. The van der Waals surface area contributed by atoms with Gasteiger partial charge in [0.05, 0.1) is 6.42 Å². The van der Waals surface area contributed by atoms with Crippen LogP contribution in [0.5, 0.6) is 0 Å². The number of fused-ring (bicyclic) bond motifs is 5. The number of ketones is 1. The second-order valence-electron chi connectivity index (χ2n) is 11.8. The molecule has 1 aliphatic heterocycles. The Balaban J connectivity index is 1.24. The number of nitrogens with zero attached hydrogens (tertiary/aromatic N) is 1. The summed E-state index contributed by atoms with van der Waals surface area (Å²) in [5, 5.41) is 0. The highest BCUT2D eigenvalue weighted by atomic mass is 16.5. The Morgan fingerprint density at radius 2 is 1.88 bits per heavy atom. The van der Waals surface area contributed by atoms with Crippen LogP contribution in [0.4, 0.5) is 0 Å². The van der Waals surface area contributed by atoms with Gasteiger partial charge in [0.15, 0.2) is 5.78 Å². The zero-order valence-corrected chi connectivity index (χ0v) is 20.3. The van der Waals surface area contributed by atoms with Crippen molar-refractivity contribution in [1.29, 1.82) is 0 Å². The van der Waals surface area contributed by atoms with Gasteiger partial charge in [0.1, 0.15) is 5.76 Å². The van der Waals surface area contributed by atoms with Gasteiger partial charge in [-0.3, -0.25) is 9.59 Å². The molecule has 0 radical (unpaired) electrons. The number of carbonyl (C=O) groups excluding carboxylic acids is 2. The molecule has 3 fully saturated rings. The average molecular weight is 440 g/mol. The molecule has 0 spiro atoms. The third kappa shape index (κ3) is 3.71. The van der Waals surface area contributed by atoms with E-state index in [1.165, 1.54) is 32.1 Å². The van der Waals surface area contributed by atoms with Crippen molar-refractivity contribution >= 4 is 11.8 Å². The van der Waals surface area contributed by atoms with E-state index in [-0.39, 0.29) is 17.2 Å². The molecule has 0 bridgehead atoms. The monoisotopic (exact) mass is 439 g/mol. The van der Waals surface area contributed by atoms with Gasteiger partial charge >= 0.3 is 5.97 Å². The highest BCUT2D eigenvalue weighted by Crippen LogP contribution is 2.66. The largest absolute Gasteiger partial charge is 0.431 e. The smallest absolute Gasteiger partial charge is 0.312 e. The highest BCUT2D eigenvalue weighted by Gasteiger charge is 2.58. The summed E-state index contributed by atoms with van der Waals surface area (Å²) in [7, 11) is 0. The van der Waals surface area contributed by atoms with Crippen molar-refractivity contribution in [2.75, 3.05) is 19.6 Å². The molecule has 0 aromatic carbocycles. The first-order chi connectivity index (χ1) is 15.3. The summed E-state index contributed by atoms with van der Waals surface area (Å²) in [6, 6.07) is 0. The number of hydrogen-bond acceptors (Lipinski definition) is 4. The topological polar surface area (TPSA) is 46.6 Å². The Morgan fingerprint density at radius 1 is 1.09 bits per heavy atom. The van der Waals surface area contributed by atoms with Crippen molar-refractivity contribution in [2.24, 2.45) is 34.5 Å². The fourth-order valence-corrected chi connectivity index (χ4v) is 8.48. The van der Waals surface area contributed by atoms with E-state index >= 15 is 0 Å². The van der Waals surface area contributed by atoms with Crippen LogP contribution in [-0.2, 0) is 14.3 Å². The average Bonchev–Trinajstić information content (AvgIpc) is 3.39. The van der Waals surface area contributed by atoms with Gasteiger partial charge in [-0.05, 0) is 118 Å². The molecular formula is C28H41NO3. The lowest BCUT2D eigenvalue weighted by Gasteiger charge is -2.59. The third-order valence-electron chi connectivity index (χ3n) is 10.3. The minimum absolute atomic E-state index is 0.0531. The maximum absolute atomic E-state index is 12.5. The highest BCUT2D eigenvalue weighted by molar-refractivity contribution is 5.95. The lowest BCUT2D eigenvalue weighted by molar-refractivity contribution is -0.141.